The number of halogens is 1. The minimum absolute atomic E-state index is 0.822. The van der Waals surface area contributed by atoms with Crippen molar-refractivity contribution >= 4 is 43.7 Å². The average Bonchev–Trinajstić information content (AvgIpc) is 2.01. The first-order valence-electron chi connectivity index (χ1n) is 3.65. The number of nitrogens with zero attached hydrogens (tertiary/aromatic N) is 2. The molecule has 1 aliphatic heterocycles. The number of rotatable bonds is 2. The van der Waals surface area contributed by atoms with Crippen LogP contribution in [0.2, 0.25) is 0 Å². The summed E-state index contributed by atoms with van der Waals surface area (Å²) in [7, 11) is -7.18. The van der Waals surface area contributed by atoms with E-state index >= 15 is 0 Å². The maximum absolute atomic E-state index is 11.2. The van der Waals surface area contributed by atoms with Gasteiger partial charge in [-0.1, -0.05) is 11.6 Å². The van der Waals surface area contributed by atoms with Gasteiger partial charge in [0.05, 0.1) is 0 Å². The van der Waals surface area contributed by atoms with Crippen LogP contribution in [-0.4, -0.2) is 51.5 Å². The van der Waals surface area contributed by atoms with Gasteiger partial charge in [-0.15, -0.1) is 0 Å². The Kier molecular flexibility index (Phi) is 2.97. The highest BCUT2D eigenvalue weighted by molar-refractivity contribution is 7.95. The van der Waals surface area contributed by atoms with E-state index < -0.39 is 29.4 Å². The molecular weight excluding hydrogens is 264 g/mol. The molecule has 0 saturated heterocycles. The number of sulfone groups is 2. The summed E-state index contributed by atoms with van der Waals surface area (Å²) in [4.78, 5) is 6.84. The number of aliphatic imine (C=N–C) groups is 2. The highest BCUT2D eigenvalue weighted by atomic mass is 35.5. The molecule has 0 fully saturated rings. The van der Waals surface area contributed by atoms with E-state index in [4.69, 9.17) is 11.6 Å². The summed E-state index contributed by atoms with van der Waals surface area (Å²) >= 11 is 5.63. The molecule has 1 radical (unpaired) electrons. The van der Waals surface area contributed by atoms with E-state index in [1.807, 2.05) is 0 Å². The molecule has 0 spiro atoms. The first-order chi connectivity index (χ1) is 6.56. The second-order valence-corrected chi connectivity index (χ2v) is 8.18. The van der Waals surface area contributed by atoms with Gasteiger partial charge in [-0.25, -0.2) is 21.8 Å². The molecule has 6 nitrogen and oxygen atoms in total. The first-order valence-corrected chi connectivity index (χ1v) is 7.87. The van der Waals surface area contributed by atoms with Crippen molar-refractivity contribution in [3.8, 4) is 0 Å². The quantitative estimate of drug-likeness (QED) is 0.623. The van der Waals surface area contributed by atoms with Gasteiger partial charge in [-0.2, -0.15) is 0 Å². The van der Waals surface area contributed by atoms with E-state index in [1.165, 1.54) is 0 Å². The van der Waals surface area contributed by atoms with Gasteiger partial charge in [-0.05, 0) is 0 Å². The largest absolute Gasteiger partial charge is 0.252 e. The van der Waals surface area contributed by atoms with Gasteiger partial charge >= 0.3 is 0 Å². The van der Waals surface area contributed by atoms with Crippen LogP contribution in [0.3, 0.4) is 0 Å². The SMILES string of the molecule is CS(=O)(=O)C1N=[C]C(Cl)(S(C)(=O)=O)C=N1. The van der Waals surface area contributed by atoms with Crippen molar-refractivity contribution in [2.75, 3.05) is 12.5 Å². The van der Waals surface area contributed by atoms with E-state index in [1.54, 1.807) is 0 Å². The van der Waals surface area contributed by atoms with Crippen LogP contribution in [-0.2, 0) is 19.7 Å². The predicted molar refractivity (Wildman–Crippen MR) is 58.0 cm³/mol. The molecular formula is C6H8ClN2O4S2. The highest BCUT2D eigenvalue weighted by Crippen LogP contribution is 2.22. The second-order valence-electron chi connectivity index (χ2n) is 3.09. The van der Waals surface area contributed by atoms with Crippen LogP contribution in [0.15, 0.2) is 9.98 Å². The summed E-state index contributed by atoms with van der Waals surface area (Å²) in [6, 6.07) is 0. The van der Waals surface area contributed by atoms with Gasteiger partial charge in [-0.3, -0.25) is 4.99 Å². The molecule has 0 aromatic rings. The molecule has 0 N–H and O–H groups in total. The Bertz CT molecular complexity index is 505. The molecule has 1 aliphatic rings. The van der Waals surface area contributed by atoms with Crippen LogP contribution in [0.1, 0.15) is 0 Å². The van der Waals surface area contributed by atoms with Crippen molar-refractivity contribution < 1.29 is 16.8 Å². The van der Waals surface area contributed by atoms with Crippen molar-refractivity contribution in [3.05, 3.63) is 0 Å². The molecule has 0 aromatic heterocycles. The Hall–Kier alpha value is -0.470. The van der Waals surface area contributed by atoms with E-state index in [-0.39, 0.29) is 0 Å². The third kappa shape index (κ3) is 2.56. The normalized spacial score (nSPS) is 31.8. The van der Waals surface area contributed by atoms with Crippen LogP contribution in [0.5, 0.6) is 0 Å². The fourth-order valence-electron chi connectivity index (χ4n) is 0.750. The molecule has 2 unspecified atom stereocenters. The maximum atomic E-state index is 11.2. The highest BCUT2D eigenvalue weighted by Gasteiger charge is 2.40. The Morgan fingerprint density at radius 1 is 1.33 bits per heavy atom. The smallest absolute Gasteiger partial charge is 0.241 e. The molecule has 0 aliphatic carbocycles. The third-order valence-corrected chi connectivity index (χ3v) is 4.91. The van der Waals surface area contributed by atoms with Crippen molar-refractivity contribution in [2.45, 2.75) is 9.70 Å². The molecule has 0 saturated carbocycles. The number of hydrogen-bond acceptors (Lipinski definition) is 6. The Balaban J connectivity index is 3.10. The Morgan fingerprint density at radius 2 is 1.87 bits per heavy atom. The van der Waals surface area contributed by atoms with Crippen molar-refractivity contribution in [2.24, 2.45) is 9.98 Å². The van der Waals surface area contributed by atoms with Crippen molar-refractivity contribution in [3.63, 3.8) is 0 Å². The van der Waals surface area contributed by atoms with Gasteiger partial charge < -0.3 is 0 Å². The van der Waals surface area contributed by atoms with Crippen LogP contribution < -0.4 is 0 Å². The minimum Gasteiger partial charge on any atom is -0.252 e. The lowest BCUT2D eigenvalue weighted by molar-refractivity contribution is 0.587. The zero-order valence-electron chi connectivity index (χ0n) is 7.88. The molecule has 1 heterocycles. The molecule has 15 heavy (non-hydrogen) atoms. The van der Waals surface area contributed by atoms with E-state index in [9.17, 15) is 16.8 Å². The zero-order valence-corrected chi connectivity index (χ0v) is 10.3. The van der Waals surface area contributed by atoms with Crippen LogP contribution >= 0.6 is 11.6 Å². The van der Waals surface area contributed by atoms with Gasteiger partial charge in [0.2, 0.25) is 9.70 Å². The van der Waals surface area contributed by atoms with Crippen LogP contribution in [0.25, 0.3) is 0 Å². The van der Waals surface area contributed by atoms with Gasteiger partial charge in [0, 0.05) is 18.7 Å². The molecule has 0 aromatic carbocycles. The molecule has 85 valence electrons. The van der Waals surface area contributed by atoms with E-state index in [0.717, 1.165) is 18.7 Å². The van der Waals surface area contributed by atoms with Gasteiger partial charge in [0.1, 0.15) is 6.21 Å². The summed E-state index contributed by atoms with van der Waals surface area (Å²) in [5.74, 6) is 0. The second kappa shape index (κ2) is 3.53. The first kappa shape index (κ1) is 12.6. The molecule has 1 rings (SSSR count). The topological polar surface area (TPSA) is 93.0 Å². The number of alkyl halides is 1. The Labute approximate surface area is 92.9 Å². The summed E-state index contributed by atoms with van der Waals surface area (Å²) in [6.07, 6.45) is 4.70. The van der Waals surface area contributed by atoms with E-state index in [2.05, 4.69) is 16.2 Å². The van der Waals surface area contributed by atoms with Crippen LogP contribution in [0, 0.1) is 0 Å². The molecule has 0 bridgehead atoms. The van der Waals surface area contributed by atoms with E-state index in [0.29, 0.717) is 0 Å². The summed E-state index contributed by atoms with van der Waals surface area (Å²) < 4.78 is 42.4. The Morgan fingerprint density at radius 3 is 2.13 bits per heavy atom. The summed E-state index contributed by atoms with van der Waals surface area (Å²) in [5, 5.41) is 0. The minimum atomic E-state index is -3.68. The predicted octanol–water partition coefficient (Wildman–Crippen LogP) is -0.673. The maximum Gasteiger partial charge on any atom is 0.241 e. The summed E-state index contributed by atoms with van der Waals surface area (Å²) in [6.45, 7) is 0. The standard InChI is InChI=1S/C6H8ClN2O4S2/c1-14(10,11)5-8-3-6(7,4-9-5)15(2,12)13/h3,5H,1-2H3. The lowest BCUT2D eigenvalue weighted by atomic mass is 10.4. The lowest BCUT2D eigenvalue weighted by Crippen LogP contribution is -2.39. The molecule has 0 amide bonds. The van der Waals surface area contributed by atoms with Crippen molar-refractivity contribution in [1.29, 1.82) is 0 Å². The zero-order chi connectivity index (χ0) is 11.9. The fraction of sp³-hybridized carbons (Fsp3) is 0.667. The monoisotopic (exact) mass is 271 g/mol. The van der Waals surface area contributed by atoms with Gasteiger partial charge in [0.25, 0.3) is 0 Å². The molecule has 2 atom stereocenters. The number of hydrogen-bond donors (Lipinski definition) is 0. The van der Waals surface area contributed by atoms with Crippen LogP contribution in [0.4, 0.5) is 0 Å². The fourth-order valence-corrected chi connectivity index (χ4v) is 1.85. The lowest BCUT2D eigenvalue weighted by Gasteiger charge is -2.19. The van der Waals surface area contributed by atoms with Crippen molar-refractivity contribution in [1.82, 2.24) is 0 Å². The third-order valence-electron chi connectivity index (χ3n) is 1.62. The summed E-state index contributed by atoms with van der Waals surface area (Å²) in [5.41, 5.74) is -1.36. The van der Waals surface area contributed by atoms with Gasteiger partial charge in [0.15, 0.2) is 19.7 Å². The average molecular weight is 272 g/mol. The molecule has 9 heteroatoms.